The highest BCUT2D eigenvalue weighted by atomic mass is 28.1. The highest BCUT2D eigenvalue weighted by molar-refractivity contribution is 6.08. The summed E-state index contributed by atoms with van der Waals surface area (Å²) >= 11 is 0. The predicted octanol–water partition coefficient (Wildman–Crippen LogP) is 2.09. The molecule has 0 unspecified atom stereocenters. The van der Waals surface area contributed by atoms with Crippen molar-refractivity contribution in [1.82, 2.24) is 0 Å². The van der Waals surface area contributed by atoms with Gasteiger partial charge in [0.1, 0.15) is 0 Å². The zero-order valence-electron chi connectivity index (χ0n) is 3.41. The molecule has 0 heterocycles. The van der Waals surface area contributed by atoms with Gasteiger partial charge in [-0.25, -0.2) is 0 Å². The van der Waals surface area contributed by atoms with Crippen LogP contribution in [0.1, 0.15) is 35.6 Å². The fraction of sp³-hybridized carbons (Fsp3) is 1.00. The first-order valence-electron chi connectivity index (χ1n) is 1.91. The molecule has 0 rings (SSSR count). The molecule has 0 amide bonds. The second-order valence-corrected chi connectivity index (χ2v) is 2.00. The quantitative estimate of drug-likeness (QED) is 0.467. The summed E-state index contributed by atoms with van der Waals surface area (Å²) in [6, 6.07) is 1.46. The molecule has 0 spiro atoms. The van der Waals surface area contributed by atoms with Crippen molar-refractivity contribution in [2.75, 3.05) is 0 Å². The van der Waals surface area contributed by atoms with Crippen LogP contribution in [0, 0.1) is 0 Å². The van der Waals surface area contributed by atoms with Gasteiger partial charge >= 0.3 is 0 Å². The van der Waals surface area contributed by atoms with Crippen LogP contribution in [0.2, 0.25) is 6.04 Å². The van der Waals surface area contributed by atoms with Gasteiger partial charge in [0.05, 0.1) is 0 Å². The molecule has 0 saturated heterocycles. The summed E-state index contributed by atoms with van der Waals surface area (Å²) < 4.78 is 0. The second-order valence-electron chi connectivity index (χ2n) is 1.000. The van der Waals surface area contributed by atoms with Gasteiger partial charge in [-0.05, 0) is 0 Å². The highest BCUT2D eigenvalue weighted by Crippen LogP contribution is 1.73. The Balaban J connectivity index is -0.0000000150. The van der Waals surface area contributed by atoms with Gasteiger partial charge in [0.15, 0.2) is 0 Å². The summed E-state index contributed by atoms with van der Waals surface area (Å²) in [6.07, 6.45) is 1.38. The van der Waals surface area contributed by atoms with Gasteiger partial charge < -0.3 is 0 Å². The molecule has 0 radical (unpaired) electrons. The van der Waals surface area contributed by atoms with E-state index in [-0.39, 0.29) is 22.3 Å². The van der Waals surface area contributed by atoms with E-state index in [1.54, 1.807) is 0 Å². The minimum Gasteiger partial charge on any atom is -0.0776 e. The average Bonchev–Trinajstić information content (AvgIpc) is 1.37. The second kappa shape index (κ2) is 34.4. The van der Waals surface area contributed by atoms with Gasteiger partial charge in [0.25, 0.3) is 0 Å². The van der Waals surface area contributed by atoms with Gasteiger partial charge in [-0.3, -0.25) is 0 Å². The molecule has 0 aliphatic carbocycles. The molecule has 0 nitrogen and oxygen atoms in total. The molecule has 1 heteroatoms. The van der Waals surface area contributed by atoms with Gasteiger partial charge in [0, 0.05) is 10.2 Å². The van der Waals surface area contributed by atoms with Crippen molar-refractivity contribution in [3.63, 3.8) is 0 Å². The summed E-state index contributed by atoms with van der Waals surface area (Å²) in [5.41, 5.74) is 0. The lowest BCUT2D eigenvalue weighted by Crippen LogP contribution is -1.55. The molecule has 0 aliphatic heterocycles. The summed E-state index contributed by atoms with van der Waals surface area (Å²) in [4.78, 5) is 0. The lowest BCUT2D eigenvalue weighted by atomic mass is 10.6. The maximum Gasteiger partial charge on any atom is 0.00278 e. The third-order valence-corrected chi connectivity index (χ3v) is 1.50. The molecular weight excluding hydrogens is 100 g/mol. The van der Waals surface area contributed by atoms with Gasteiger partial charge in [-0.2, -0.15) is 0 Å². The SMILES string of the molecule is C.C.C.CCC[SiH3]. The molecule has 0 aliphatic rings. The average molecular weight is 122 g/mol. The van der Waals surface area contributed by atoms with Crippen molar-refractivity contribution >= 4 is 10.2 Å². The highest BCUT2D eigenvalue weighted by Gasteiger charge is 1.57. The number of hydrogen-bond donors (Lipinski definition) is 0. The molecule has 50 valence electrons. The number of hydrogen-bond acceptors (Lipinski definition) is 0. The van der Waals surface area contributed by atoms with Crippen LogP contribution < -0.4 is 0 Å². The Hall–Kier alpha value is 0.217. The van der Waals surface area contributed by atoms with E-state index >= 15 is 0 Å². The van der Waals surface area contributed by atoms with E-state index in [0.29, 0.717) is 0 Å². The third-order valence-electron chi connectivity index (χ3n) is 0.500. The van der Waals surface area contributed by atoms with Crippen molar-refractivity contribution in [3.8, 4) is 0 Å². The maximum absolute atomic E-state index is 2.22. The maximum atomic E-state index is 2.22. The summed E-state index contributed by atoms with van der Waals surface area (Å²) in [5, 5.41) is 0. The van der Waals surface area contributed by atoms with Crippen LogP contribution in [0.25, 0.3) is 0 Å². The van der Waals surface area contributed by atoms with E-state index in [1.807, 2.05) is 0 Å². The van der Waals surface area contributed by atoms with Gasteiger partial charge in [-0.1, -0.05) is 41.7 Å². The zero-order valence-corrected chi connectivity index (χ0v) is 5.41. The molecule has 0 fully saturated rings. The topological polar surface area (TPSA) is 0 Å². The van der Waals surface area contributed by atoms with E-state index in [9.17, 15) is 0 Å². The van der Waals surface area contributed by atoms with Crippen molar-refractivity contribution in [3.05, 3.63) is 0 Å². The van der Waals surface area contributed by atoms with E-state index in [4.69, 9.17) is 0 Å². The predicted molar refractivity (Wildman–Crippen MR) is 45.2 cm³/mol. The fourth-order valence-corrected chi connectivity index (χ4v) is 0. The van der Waals surface area contributed by atoms with Crippen molar-refractivity contribution in [1.29, 1.82) is 0 Å². The van der Waals surface area contributed by atoms with Crippen LogP contribution in [0.3, 0.4) is 0 Å². The fourth-order valence-electron chi connectivity index (χ4n) is 0. The molecule has 0 aromatic carbocycles. The van der Waals surface area contributed by atoms with Crippen molar-refractivity contribution < 1.29 is 0 Å². The largest absolute Gasteiger partial charge is 0.0776 e. The molecule has 7 heavy (non-hydrogen) atoms. The minimum absolute atomic E-state index is 0. The van der Waals surface area contributed by atoms with Crippen LogP contribution in [-0.2, 0) is 0 Å². The lowest BCUT2D eigenvalue weighted by Gasteiger charge is -1.67. The van der Waals surface area contributed by atoms with Gasteiger partial charge in [0.2, 0.25) is 0 Å². The van der Waals surface area contributed by atoms with Gasteiger partial charge in [-0.15, -0.1) is 0 Å². The smallest absolute Gasteiger partial charge is 0.00278 e. The Morgan fingerprint density at radius 1 is 1.14 bits per heavy atom. The Morgan fingerprint density at radius 2 is 1.29 bits per heavy atom. The monoisotopic (exact) mass is 122 g/mol. The zero-order chi connectivity index (χ0) is 3.41. The molecule has 0 saturated carbocycles. The molecule has 0 bridgehead atoms. The Labute approximate surface area is 52.8 Å². The molecule has 0 aromatic heterocycles. The van der Waals surface area contributed by atoms with Crippen molar-refractivity contribution in [2.45, 2.75) is 41.7 Å². The summed E-state index contributed by atoms with van der Waals surface area (Å²) in [6.45, 7) is 2.22. The molecule has 0 N–H and O–H groups in total. The normalized spacial score (nSPS) is 4.71. The minimum atomic E-state index is 0. The Bertz CT molecular complexity index is 6.14. The third kappa shape index (κ3) is 74.7. The van der Waals surface area contributed by atoms with E-state index < -0.39 is 0 Å². The standard InChI is InChI=1S/C3H10Si.3CH4/c1-2-3-4;;;/h2-3H2,1,4H3;3*1H4. The van der Waals surface area contributed by atoms with Crippen LogP contribution >= 0.6 is 0 Å². The molecule has 0 atom stereocenters. The summed E-state index contributed by atoms with van der Waals surface area (Å²) in [5.74, 6) is 0. The van der Waals surface area contributed by atoms with Crippen LogP contribution in [0.5, 0.6) is 0 Å². The van der Waals surface area contributed by atoms with E-state index in [2.05, 4.69) is 6.92 Å². The van der Waals surface area contributed by atoms with E-state index in [1.165, 1.54) is 22.7 Å². The first-order chi connectivity index (χ1) is 1.91. The van der Waals surface area contributed by atoms with Crippen molar-refractivity contribution in [2.24, 2.45) is 0 Å². The lowest BCUT2D eigenvalue weighted by molar-refractivity contribution is 1.08. The number of rotatable bonds is 1. The first-order valence-corrected chi connectivity index (χ1v) is 3.33. The van der Waals surface area contributed by atoms with Crippen LogP contribution in [-0.4, -0.2) is 10.2 Å². The summed E-state index contributed by atoms with van der Waals surface area (Å²) in [7, 11) is 1.39. The molecule has 0 aromatic rings. The Kier molecular flexibility index (Phi) is 133. The van der Waals surface area contributed by atoms with Crippen LogP contribution in [0.15, 0.2) is 0 Å². The first kappa shape index (κ1) is 27.0. The van der Waals surface area contributed by atoms with Crippen LogP contribution in [0.4, 0.5) is 0 Å². The molecular formula is C6H22Si. The Morgan fingerprint density at radius 3 is 1.29 bits per heavy atom. The van der Waals surface area contributed by atoms with E-state index in [0.717, 1.165) is 0 Å².